The Bertz CT molecular complexity index is 1070. The van der Waals surface area contributed by atoms with Gasteiger partial charge in [-0.15, -0.1) is 0 Å². The lowest BCUT2D eigenvalue weighted by Gasteiger charge is -2.03. The molecule has 0 atom stereocenters. The molecule has 0 aliphatic carbocycles. The van der Waals surface area contributed by atoms with Crippen molar-refractivity contribution >= 4 is 57.2 Å². The lowest BCUT2D eigenvalue weighted by atomic mass is 10.2. The van der Waals surface area contributed by atoms with Crippen LogP contribution >= 0.6 is 23.4 Å². The predicted octanol–water partition coefficient (Wildman–Crippen LogP) is 4.48. The SMILES string of the molecule is Cc1cccc(Cl)c1N=C1NC(=O)/C(=C/c2ccc3nccnc3c2)S1. The zero-order valence-electron chi connectivity index (χ0n) is 13.7. The number of nitrogens with zero attached hydrogens (tertiary/aromatic N) is 3. The molecule has 4 rings (SSSR count). The van der Waals surface area contributed by atoms with Crippen molar-refractivity contribution in [3.05, 3.63) is 69.8 Å². The molecule has 3 aromatic rings. The van der Waals surface area contributed by atoms with Gasteiger partial charge in [0.05, 0.1) is 26.6 Å². The normalized spacial score (nSPS) is 17.2. The lowest BCUT2D eigenvalue weighted by molar-refractivity contribution is -0.115. The van der Waals surface area contributed by atoms with Crippen LogP contribution in [0.1, 0.15) is 11.1 Å². The largest absolute Gasteiger partial charge is 0.300 e. The van der Waals surface area contributed by atoms with Crippen LogP contribution in [0.4, 0.5) is 5.69 Å². The van der Waals surface area contributed by atoms with Crippen molar-refractivity contribution in [1.82, 2.24) is 15.3 Å². The Balaban J connectivity index is 1.65. The molecule has 0 saturated carbocycles. The van der Waals surface area contributed by atoms with Crippen molar-refractivity contribution in [1.29, 1.82) is 0 Å². The Morgan fingerprint density at radius 3 is 2.77 bits per heavy atom. The quantitative estimate of drug-likeness (QED) is 0.665. The maximum absolute atomic E-state index is 12.3. The van der Waals surface area contributed by atoms with E-state index in [9.17, 15) is 4.79 Å². The first-order valence-corrected chi connectivity index (χ1v) is 9.05. The standard InChI is InChI=1S/C19H13ClN4OS/c1-11-3-2-4-13(20)17(11)23-19-24-18(25)16(26-19)10-12-5-6-14-15(9-12)22-8-7-21-14/h2-10H,1H3,(H,23,24,25)/b16-10-. The van der Waals surface area contributed by atoms with Gasteiger partial charge in [-0.05, 0) is 54.1 Å². The molecule has 1 aromatic heterocycles. The van der Waals surface area contributed by atoms with Crippen molar-refractivity contribution in [2.45, 2.75) is 6.92 Å². The van der Waals surface area contributed by atoms with Gasteiger partial charge in [-0.25, -0.2) is 4.99 Å². The number of aryl methyl sites for hydroxylation is 1. The van der Waals surface area contributed by atoms with E-state index in [0.29, 0.717) is 20.8 Å². The smallest absolute Gasteiger partial charge is 0.264 e. The Labute approximate surface area is 159 Å². The van der Waals surface area contributed by atoms with Crippen LogP contribution in [0.15, 0.2) is 58.7 Å². The minimum atomic E-state index is -0.183. The number of amides is 1. The Morgan fingerprint density at radius 1 is 1.15 bits per heavy atom. The highest BCUT2D eigenvalue weighted by Gasteiger charge is 2.24. The highest BCUT2D eigenvalue weighted by Crippen LogP contribution is 2.33. The number of hydrogen-bond donors (Lipinski definition) is 1. The van der Waals surface area contributed by atoms with Crippen LogP contribution in [-0.4, -0.2) is 21.0 Å². The molecule has 1 aliphatic rings. The number of halogens is 1. The van der Waals surface area contributed by atoms with Gasteiger partial charge < -0.3 is 5.32 Å². The van der Waals surface area contributed by atoms with E-state index in [4.69, 9.17) is 11.6 Å². The van der Waals surface area contributed by atoms with Gasteiger partial charge in [-0.2, -0.15) is 0 Å². The van der Waals surface area contributed by atoms with Crippen molar-refractivity contribution < 1.29 is 4.79 Å². The molecule has 128 valence electrons. The second-order valence-corrected chi connectivity index (χ2v) is 7.13. The number of para-hydroxylation sites is 1. The number of hydrogen-bond acceptors (Lipinski definition) is 5. The predicted molar refractivity (Wildman–Crippen MR) is 107 cm³/mol. The van der Waals surface area contributed by atoms with Crippen LogP contribution in [0, 0.1) is 6.92 Å². The summed E-state index contributed by atoms with van der Waals surface area (Å²) in [6.07, 6.45) is 5.11. The molecule has 2 heterocycles. The van der Waals surface area contributed by atoms with Gasteiger partial charge in [0.1, 0.15) is 0 Å². The van der Waals surface area contributed by atoms with E-state index in [1.807, 2.05) is 43.3 Å². The first-order chi connectivity index (χ1) is 12.6. The van der Waals surface area contributed by atoms with Crippen LogP contribution < -0.4 is 5.32 Å². The third-order valence-electron chi connectivity index (χ3n) is 3.84. The van der Waals surface area contributed by atoms with Crippen LogP contribution in [0.2, 0.25) is 5.02 Å². The van der Waals surface area contributed by atoms with E-state index >= 15 is 0 Å². The second-order valence-electron chi connectivity index (χ2n) is 5.69. The van der Waals surface area contributed by atoms with Gasteiger partial charge in [0, 0.05) is 12.4 Å². The molecule has 26 heavy (non-hydrogen) atoms. The molecule has 1 N–H and O–H groups in total. The third kappa shape index (κ3) is 3.34. The molecule has 0 radical (unpaired) electrons. The zero-order valence-corrected chi connectivity index (χ0v) is 15.3. The van der Waals surface area contributed by atoms with E-state index in [-0.39, 0.29) is 5.91 Å². The average molecular weight is 381 g/mol. The number of nitrogens with one attached hydrogen (secondary N) is 1. The summed E-state index contributed by atoms with van der Waals surface area (Å²) in [5.74, 6) is -0.183. The van der Waals surface area contributed by atoms with Crippen molar-refractivity contribution in [3.8, 4) is 0 Å². The van der Waals surface area contributed by atoms with Crippen LogP contribution in [0.25, 0.3) is 17.1 Å². The molecule has 7 heteroatoms. The van der Waals surface area contributed by atoms with Crippen LogP contribution in [-0.2, 0) is 4.79 Å². The van der Waals surface area contributed by atoms with Crippen LogP contribution in [0.3, 0.4) is 0 Å². The summed E-state index contributed by atoms with van der Waals surface area (Å²) in [6, 6.07) is 11.3. The number of thioether (sulfide) groups is 1. The number of fused-ring (bicyclic) bond motifs is 1. The fraction of sp³-hybridized carbons (Fsp3) is 0.0526. The molecule has 1 amide bonds. The summed E-state index contributed by atoms with van der Waals surface area (Å²) in [5.41, 5.74) is 4.09. The van der Waals surface area contributed by atoms with E-state index in [1.165, 1.54) is 11.8 Å². The van der Waals surface area contributed by atoms with E-state index in [2.05, 4.69) is 20.3 Å². The first-order valence-electron chi connectivity index (χ1n) is 7.85. The minimum Gasteiger partial charge on any atom is -0.300 e. The van der Waals surface area contributed by atoms with Gasteiger partial charge in [0.15, 0.2) is 5.17 Å². The first kappa shape index (κ1) is 16.8. The van der Waals surface area contributed by atoms with Gasteiger partial charge in [0.2, 0.25) is 0 Å². The molecular weight excluding hydrogens is 368 g/mol. The topological polar surface area (TPSA) is 67.2 Å². The number of rotatable bonds is 2. The maximum Gasteiger partial charge on any atom is 0.264 e. The van der Waals surface area contributed by atoms with Gasteiger partial charge >= 0.3 is 0 Å². The molecule has 1 saturated heterocycles. The molecule has 1 aliphatic heterocycles. The molecule has 2 aromatic carbocycles. The van der Waals surface area contributed by atoms with Crippen LogP contribution in [0.5, 0.6) is 0 Å². The Kier molecular flexibility index (Phi) is 4.44. The summed E-state index contributed by atoms with van der Waals surface area (Å²) in [4.78, 5) is 25.9. The molecule has 0 spiro atoms. The monoisotopic (exact) mass is 380 g/mol. The van der Waals surface area contributed by atoms with Crippen molar-refractivity contribution in [3.63, 3.8) is 0 Å². The molecular formula is C19H13ClN4OS. The van der Waals surface area contributed by atoms with Gasteiger partial charge in [-0.3, -0.25) is 14.8 Å². The van der Waals surface area contributed by atoms with Gasteiger partial charge in [-0.1, -0.05) is 29.8 Å². The Hall–Kier alpha value is -2.70. The lowest BCUT2D eigenvalue weighted by Crippen LogP contribution is -2.19. The summed E-state index contributed by atoms with van der Waals surface area (Å²) in [5, 5.41) is 3.85. The van der Waals surface area contributed by atoms with E-state index in [1.54, 1.807) is 18.5 Å². The second kappa shape index (κ2) is 6.90. The van der Waals surface area contributed by atoms with Crippen molar-refractivity contribution in [2.24, 2.45) is 4.99 Å². The fourth-order valence-electron chi connectivity index (χ4n) is 2.57. The van der Waals surface area contributed by atoms with Gasteiger partial charge in [0.25, 0.3) is 5.91 Å². The summed E-state index contributed by atoms with van der Waals surface area (Å²) >= 11 is 7.50. The molecule has 0 bridgehead atoms. The highest BCUT2D eigenvalue weighted by molar-refractivity contribution is 8.18. The number of aliphatic imine (C=N–C) groups is 1. The van der Waals surface area contributed by atoms with E-state index < -0.39 is 0 Å². The maximum atomic E-state index is 12.3. The number of carbonyl (C=O) groups is 1. The van der Waals surface area contributed by atoms with Crippen molar-refractivity contribution in [2.75, 3.05) is 0 Å². The molecule has 5 nitrogen and oxygen atoms in total. The number of amidine groups is 1. The zero-order chi connectivity index (χ0) is 18.1. The summed E-state index contributed by atoms with van der Waals surface area (Å²) < 4.78 is 0. The minimum absolute atomic E-state index is 0.183. The fourth-order valence-corrected chi connectivity index (χ4v) is 3.66. The van der Waals surface area contributed by atoms with E-state index in [0.717, 1.165) is 22.2 Å². The molecule has 1 fully saturated rings. The number of aromatic nitrogens is 2. The molecule has 0 unspecified atom stereocenters. The third-order valence-corrected chi connectivity index (χ3v) is 5.06. The number of benzene rings is 2. The summed E-state index contributed by atoms with van der Waals surface area (Å²) in [7, 11) is 0. The summed E-state index contributed by atoms with van der Waals surface area (Å²) in [6.45, 7) is 1.93. The Morgan fingerprint density at radius 2 is 1.96 bits per heavy atom. The average Bonchev–Trinajstić information content (AvgIpc) is 2.97. The number of carbonyl (C=O) groups excluding carboxylic acids is 1. The highest BCUT2D eigenvalue weighted by atomic mass is 35.5.